The Labute approximate surface area is 86.6 Å². The third-order valence-electron chi connectivity index (χ3n) is 1.85. The molecule has 0 saturated heterocycles. The average molecular weight is 204 g/mol. The van der Waals surface area contributed by atoms with Crippen molar-refractivity contribution < 1.29 is 9.13 Å². The summed E-state index contributed by atoms with van der Waals surface area (Å²) in [6.45, 7) is 1.78. The van der Waals surface area contributed by atoms with Crippen molar-refractivity contribution in [3.05, 3.63) is 48.2 Å². The van der Waals surface area contributed by atoms with Crippen LogP contribution in [0.3, 0.4) is 0 Å². The maximum atomic E-state index is 12.9. The Morgan fingerprint density at radius 1 is 1.20 bits per heavy atom. The van der Waals surface area contributed by atoms with E-state index in [1.54, 1.807) is 25.3 Å². The van der Waals surface area contributed by atoms with Crippen LogP contribution in [0, 0.1) is 12.7 Å². The zero-order chi connectivity index (χ0) is 10.7. The lowest BCUT2D eigenvalue weighted by Crippen LogP contribution is -1.93. The number of ether oxygens (including phenoxy) is 1. The molecular formula is C11H9FN2O. The van der Waals surface area contributed by atoms with Gasteiger partial charge in [0, 0.05) is 18.5 Å². The summed E-state index contributed by atoms with van der Waals surface area (Å²) in [5, 5.41) is 0. The Morgan fingerprint density at radius 3 is 2.73 bits per heavy atom. The third kappa shape index (κ3) is 2.28. The highest BCUT2D eigenvalue weighted by Crippen LogP contribution is 2.21. The van der Waals surface area contributed by atoms with Gasteiger partial charge in [0.15, 0.2) is 0 Å². The van der Waals surface area contributed by atoms with Crippen molar-refractivity contribution >= 4 is 0 Å². The van der Waals surface area contributed by atoms with Crippen LogP contribution in [0.15, 0.2) is 36.7 Å². The summed E-state index contributed by atoms with van der Waals surface area (Å²) in [7, 11) is 0. The number of hydrogen-bond donors (Lipinski definition) is 0. The number of halogens is 1. The van der Waals surface area contributed by atoms with Gasteiger partial charge in [0.25, 0.3) is 0 Å². The van der Waals surface area contributed by atoms with Crippen molar-refractivity contribution in [2.45, 2.75) is 6.92 Å². The van der Waals surface area contributed by atoms with Gasteiger partial charge >= 0.3 is 0 Å². The molecule has 15 heavy (non-hydrogen) atoms. The van der Waals surface area contributed by atoms with Gasteiger partial charge in [0.05, 0.1) is 5.69 Å². The molecule has 1 aromatic carbocycles. The SMILES string of the molecule is Cc1nccnc1Oc1cccc(F)c1. The number of hydrogen-bond acceptors (Lipinski definition) is 3. The van der Waals surface area contributed by atoms with Crippen molar-refractivity contribution in [1.82, 2.24) is 9.97 Å². The lowest BCUT2D eigenvalue weighted by molar-refractivity contribution is 0.451. The van der Waals surface area contributed by atoms with E-state index in [0.717, 1.165) is 0 Å². The quantitative estimate of drug-likeness (QED) is 0.754. The molecule has 0 radical (unpaired) electrons. The van der Waals surface area contributed by atoms with E-state index >= 15 is 0 Å². The van der Waals surface area contributed by atoms with Gasteiger partial charge in [0.2, 0.25) is 5.88 Å². The molecule has 0 fully saturated rings. The highest BCUT2D eigenvalue weighted by Gasteiger charge is 2.03. The van der Waals surface area contributed by atoms with E-state index < -0.39 is 0 Å². The van der Waals surface area contributed by atoms with Crippen LogP contribution in [0.25, 0.3) is 0 Å². The molecule has 0 spiro atoms. The largest absolute Gasteiger partial charge is 0.437 e. The number of aromatic nitrogens is 2. The Hall–Kier alpha value is -1.97. The minimum Gasteiger partial charge on any atom is -0.437 e. The third-order valence-corrected chi connectivity index (χ3v) is 1.85. The normalized spacial score (nSPS) is 10.0. The minimum absolute atomic E-state index is 0.339. The first-order chi connectivity index (χ1) is 7.25. The predicted molar refractivity (Wildman–Crippen MR) is 53.2 cm³/mol. The molecule has 1 aromatic heterocycles. The summed E-state index contributed by atoms with van der Waals surface area (Å²) in [6.07, 6.45) is 3.11. The van der Waals surface area contributed by atoms with Crippen LogP contribution in [0.4, 0.5) is 4.39 Å². The standard InChI is InChI=1S/C11H9FN2O/c1-8-11(14-6-5-13-8)15-10-4-2-3-9(12)7-10/h2-7H,1H3. The zero-order valence-corrected chi connectivity index (χ0v) is 8.14. The molecule has 0 amide bonds. The minimum atomic E-state index is -0.339. The summed E-state index contributed by atoms with van der Waals surface area (Å²) < 4.78 is 18.2. The van der Waals surface area contributed by atoms with Crippen LogP contribution in [-0.4, -0.2) is 9.97 Å². The molecule has 0 unspecified atom stereocenters. The first kappa shape index (κ1) is 9.58. The Kier molecular flexibility index (Phi) is 2.58. The monoisotopic (exact) mass is 204 g/mol. The fourth-order valence-electron chi connectivity index (χ4n) is 1.14. The molecule has 0 aliphatic carbocycles. The zero-order valence-electron chi connectivity index (χ0n) is 8.14. The number of benzene rings is 1. The first-order valence-electron chi connectivity index (χ1n) is 4.47. The van der Waals surface area contributed by atoms with Gasteiger partial charge in [-0.2, -0.15) is 0 Å². The second-order valence-electron chi connectivity index (χ2n) is 3.01. The van der Waals surface area contributed by atoms with Gasteiger partial charge in [-0.15, -0.1) is 0 Å². The van der Waals surface area contributed by atoms with Crippen LogP contribution >= 0.6 is 0 Å². The maximum Gasteiger partial charge on any atom is 0.240 e. The van der Waals surface area contributed by atoms with E-state index in [-0.39, 0.29) is 5.82 Å². The summed E-state index contributed by atoms with van der Waals surface area (Å²) in [4.78, 5) is 8.01. The molecule has 4 heteroatoms. The van der Waals surface area contributed by atoms with E-state index in [9.17, 15) is 4.39 Å². The van der Waals surface area contributed by atoms with Crippen LogP contribution < -0.4 is 4.74 Å². The topological polar surface area (TPSA) is 35.0 Å². The van der Waals surface area contributed by atoms with Crippen molar-refractivity contribution in [3.8, 4) is 11.6 Å². The second kappa shape index (κ2) is 4.04. The van der Waals surface area contributed by atoms with Crippen LogP contribution in [0.2, 0.25) is 0 Å². The van der Waals surface area contributed by atoms with Crippen molar-refractivity contribution in [2.24, 2.45) is 0 Å². The molecule has 2 aromatic rings. The average Bonchev–Trinajstić information content (AvgIpc) is 2.22. The molecule has 0 aliphatic rings. The van der Waals surface area contributed by atoms with Gasteiger partial charge in [-0.25, -0.2) is 9.37 Å². The van der Waals surface area contributed by atoms with Gasteiger partial charge in [-0.3, -0.25) is 4.98 Å². The molecule has 76 valence electrons. The van der Waals surface area contributed by atoms with Crippen molar-refractivity contribution in [1.29, 1.82) is 0 Å². The summed E-state index contributed by atoms with van der Waals surface area (Å²) in [5.74, 6) is 0.468. The van der Waals surface area contributed by atoms with E-state index in [1.807, 2.05) is 0 Å². The van der Waals surface area contributed by atoms with Crippen molar-refractivity contribution in [2.75, 3.05) is 0 Å². The molecule has 0 bridgehead atoms. The van der Waals surface area contributed by atoms with Gasteiger partial charge in [-0.05, 0) is 19.1 Å². The van der Waals surface area contributed by atoms with Crippen LogP contribution in [0.1, 0.15) is 5.69 Å². The lowest BCUT2D eigenvalue weighted by atomic mass is 10.3. The van der Waals surface area contributed by atoms with Crippen LogP contribution in [0.5, 0.6) is 11.6 Å². The van der Waals surface area contributed by atoms with E-state index in [4.69, 9.17) is 4.74 Å². The molecule has 0 saturated carbocycles. The highest BCUT2D eigenvalue weighted by atomic mass is 19.1. The molecular weight excluding hydrogens is 195 g/mol. The highest BCUT2D eigenvalue weighted by molar-refractivity contribution is 5.28. The summed E-state index contributed by atoms with van der Waals surface area (Å²) >= 11 is 0. The van der Waals surface area contributed by atoms with Crippen molar-refractivity contribution in [3.63, 3.8) is 0 Å². The number of nitrogens with zero attached hydrogens (tertiary/aromatic N) is 2. The second-order valence-corrected chi connectivity index (χ2v) is 3.01. The molecule has 2 rings (SSSR count). The smallest absolute Gasteiger partial charge is 0.240 e. The Morgan fingerprint density at radius 2 is 2.00 bits per heavy atom. The molecule has 0 aliphatic heterocycles. The van der Waals surface area contributed by atoms with Gasteiger partial charge in [-0.1, -0.05) is 6.07 Å². The van der Waals surface area contributed by atoms with Crippen LogP contribution in [-0.2, 0) is 0 Å². The van der Waals surface area contributed by atoms with E-state index in [1.165, 1.54) is 18.3 Å². The summed E-state index contributed by atoms with van der Waals surface area (Å²) in [6, 6.07) is 5.90. The first-order valence-corrected chi connectivity index (χ1v) is 4.47. The molecule has 3 nitrogen and oxygen atoms in total. The maximum absolute atomic E-state index is 12.9. The molecule has 0 N–H and O–H groups in total. The number of aryl methyl sites for hydroxylation is 1. The van der Waals surface area contributed by atoms with Gasteiger partial charge < -0.3 is 4.74 Å². The molecule has 0 atom stereocenters. The van der Waals surface area contributed by atoms with E-state index in [0.29, 0.717) is 17.3 Å². The number of rotatable bonds is 2. The fraction of sp³-hybridized carbons (Fsp3) is 0.0909. The Bertz CT molecular complexity index is 474. The van der Waals surface area contributed by atoms with Gasteiger partial charge in [0.1, 0.15) is 11.6 Å². The predicted octanol–water partition coefficient (Wildman–Crippen LogP) is 2.72. The molecule has 1 heterocycles. The Balaban J connectivity index is 2.26. The lowest BCUT2D eigenvalue weighted by Gasteiger charge is -2.05. The summed E-state index contributed by atoms with van der Waals surface area (Å²) in [5.41, 5.74) is 0.668. The van der Waals surface area contributed by atoms with E-state index in [2.05, 4.69) is 9.97 Å². The fourth-order valence-corrected chi connectivity index (χ4v) is 1.14.